The molecule has 0 amide bonds. The van der Waals surface area contributed by atoms with Crippen molar-refractivity contribution in [1.82, 2.24) is 10.6 Å². The van der Waals surface area contributed by atoms with Gasteiger partial charge in [-0.15, -0.1) is 24.0 Å². The number of guanidine groups is 1. The van der Waals surface area contributed by atoms with E-state index in [4.69, 9.17) is 9.73 Å². The number of aliphatic hydroxyl groups is 1. The van der Waals surface area contributed by atoms with Gasteiger partial charge in [-0.05, 0) is 38.3 Å². The molecule has 0 saturated carbocycles. The van der Waals surface area contributed by atoms with Crippen molar-refractivity contribution in [2.24, 2.45) is 10.4 Å². The van der Waals surface area contributed by atoms with E-state index in [1.54, 1.807) is 0 Å². The number of rotatable bonds is 10. The molecule has 154 valence electrons. The molecule has 1 aromatic carbocycles. The molecule has 1 heterocycles. The summed E-state index contributed by atoms with van der Waals surface area (Å²) >= 11 is 0. The first-order valence-corrected chi connectivity index (χ1v) is 9.66. The second-order valence-corrected chi connectivity index (χ2v) is 7.01. The van der Waals surface area contributed by atoms with Gasteiger partial charge in [-0.25, -0.2) is 0 Å². The van der Waals surface area contributed by atoms with Crippen LogP contribution in [0.4, 0.5) is 5.69 Å². The molecule has 1 aliphatic rings. The minimum Gasteiger partial charge on any atom is -0.396 e. The second-order valence-electron chi connectivity index (χ2n) is 7.01. The van der Waals surface area contributed by atoms with Crippen LogP contribution in [-0.2, 0) is 4.74 Å². The normalized spacial score (nSPS) is 19.4. The minimum absolute atomic E-state index is 0. The van der Waals surface area contributed by atoms with Gasteiger partial charge in [-0.3, -0.25) is 4.99 Å². The zero-order chi connectivity index (χ0) is 18.7. The van der Waals surface area contributed by atoms with Gasteiger partial charge in [0.2, 0.25) is 0 Å². The van der Waals surface area contributed by atoms with Gasteiger partial charge in [0.15, 0.2) is 5.96 Å². The van der Waals surface area contributed by atoms with E-state index < -0.39 is 0 Å². The van der Waals surface area contributed by atoms with Crippen LogP contribution in [0.25, 0.3) is 0 Å². The molecule has 0 aliphatic carbocycles. The van der Waals surface area contributed by atoms with Gasteiger partial charge in [0.25, 0.3) is 0 Å². The van der Waals surface area contributed by atoms with Gasteiger partial charge < -0.3 is 25.4 Å². The molecular formula is C20H35IN4O2. The molecule has 3 N–H and O–H groups in total. The van der Waals surface area contributed by atoms with Crippen LogP contribution in [-0.4, -0.2) is 64.1 Å². The van der Waals surface area contributed by atoms with Gasteiger partial charge in [-0.2, -0.15) is 0 Å². The SMILES string of the molecule is CCNC(=NCC1(CCO)CCOC1)NCCCN(C)c1ccccc1.I. The average Bonchev–Trinajstić information content (AvgIpc) is 3.13. The largest absolute Gasteiger partial charge is 0.396 e. The summed E-state index contributed by atoms with van der Waals surface area (Å²) in [6.45, 7) is 7.10. The first-order chi connectivity index (χ1) is 12.7. The summed E-state index contributed by atoms with van der Waals surface area (Å²) in [5.41, 5.74) is 1.23. The lowest BCUT2D eigenvalue weighted by molar-refractivity contribution is 0.131. The van der Waals surface area contributed by atoms with Crippen LogP contribution in [0.2, 0.25) is 0 Å². The summed E-state index contributed by atoms with van der Waals surface area (Å²) in [5, 5.41) is 16.1. The number of ether oxygens (including phenoxy) is 1. The Morgan fingerprint density at radius 1 is 1.30 bits per heavy atom. The number of aliphatic hydroxyl groups excluding tert-OH is 1. The van der Waals surface area contributed by atoms with Crippen LogP contribution < -0.4 is 15.5 Å². The maximum absolute atomic E-state index is 9.34. The van der Waals surface area contributed by atoms with E-state index in [-0.39, 0.29) is 36.0 Å². The van der Waals surface area contributed by atoms with Crippen molar-refractivity contribution in [3.05, 3.63) is 30.3 Å². The molecule has 1 saturated heterocycles. The Labute approximate surface area is 180 Å². The summed E-state index contributed by atoms with van der Waals surface area (Å²) < 4.78 is 5.55. The van der Waals surface area contributed by atoms with Gasteiger partial charge in [0.1, 0.15) is 0 Å². The van der Waals surface area contributed by atoms with Crippen LogP contribution in [0.1, 0.15) is 26.2 Å². The number of hydrogen-bond donors (Lipinski definition) is 3. The highest BCUT2D eigenvalue weighted by atomic mass is 127. The van der Waals surface area contributed by atoms with Crippen molar-refractivity contribution < 1.29 is 9.84 Å². The van der Waals surface area contributed by atoms with Gasteiger partial charge in [0, 0.05) is 51.0 Å². The summed E-state index contributed by atoms with van der Waals surface area (Å²) in [4.78, 5) is 7.01. The highest BCUT2D eigenvalue weighted by Gasteiger charge is 2.34. The Bertz CT molecular complexity index is 536. The minimum atomic E-state index is -0.00930. The predicted molar refractivity (Wildman–Crippen MR) is 123 cm³/mol. The molecule has 1 unspecified atom stereocenters. The number of nitrogens with zero attached hydrogens (tertiary/aromatic N) is 2. The standard InChI is InChI=1S/C20H34N4O2.HI/c1-3-21-19(23-16-20(10-14-25)11-15-26-17-20)22-12-7-13-24(2)18-8-5-4-6-9-18;/h4-6,8-9,25H,3,7,10-17H2,1-2H3,(H2,21,22,23);1H. The summed E-state index contributed by atoms with van der Waals surface area (Å²) in [7, 11) is 2.12. The topological polar surface area (TPSA) is 69.1 Å². The zero-order valence-electron chi connectivity index (χ0n) is 16.6. The van der Waals surface area contributed by atoms with Crippen LogP contribution in [0.5, 0.6) is 0 Å². The van der Waals surface area contributed by atoms with Crippen LogP contribution in [0.3, 0.4) is 0 Å². The van der Waals surface area contributed by atoms with E-state index in [0.717, 1.165) is 51.5 Å². The maximum Gasteiger partial charge on any atom is 0.191 e. The van der Waals surface area contributed by atoms with Gasteiger partial charge >= 0.3 is 0 Å². The summed E-state index contributed by atoms with van der Waals surface area (Å²) in [6, 6.07) is 10.4. The fourth-order valence-corrected chi connectivity index (χ4v) is 3.21. The number of halogens is 1. The number of para-hydroxylation sites is 1. The molecule has 7 heteroatoms. The van der Waals surface area contributed by atoms with E-state index in [1.807, 2.05) is 6.07 Å². The van der Waals surface area contributed by atoms with E-state index in [2.05, 4.69) is 53.8 Å². The average molecular weight is 490 g/mol. The molecule has 2 rings (SSSR count). The molecule has 1 atom stereocenters. The van der Waals surface area contributed by atoms with Crippen LogP contribution in [0, 0.1) is 5.41 Å². The van der Waals surface area contributed by atoms with Crippen LogP contribution >= 0.6 is 24.0 Å². The first kappa shape index (κ1) is 24.0. The third-order valence-corrected chi connectivity index (χ3v) is 4.90. The Morgan fingerprint density at radius 3 is 2.70 bits per heavy atom. The lowest BCUT2D eigenvalue weighted by atomic mass is 9.84. The molecular weight excluding hydrogens is 455 g/mol. The summed E-state index contributed by atoms with van der Waals surface area (Å²) in [5.74, 6) is 0.846. The van der Waals surface area contributed by atoms with E-state index in [0.29, 0.717) is 13.2 Å². The van der Waals surface area contributed by atoms with E-state index in [9.17, 15) is 5.11 Å². The monoisotopic (exact) mass is 490 g/mol. The third kappa shape index (κ3) is 8.23. The number of aliphatic imine (C=N–C) groups is 1. The predicted octanol–water partition coefficient (Wildman–Crippen LogP) is 2.48. The quantitative estimate of drug-likeness (QED) is 0.204. The smallest absolute Gasteiger partial charge is 0.191 e. The Hall–Kier alpha value is -1.06. The van der Waals surface area contributed by atoms with Crippen molar-refractivity contribution in [1.29, 1.82) is 0 Å². The molecule has 1 aliphatic heterocycles. The van der Waals surface area contributed by atoms with Crippen molar-refractivity contribution in [3.8, 4) is 0 Å². The second kappa shape index (κ2) is 13.2. The Morgan fingerprint density at radius 2 is 2.07 bits per heavy atom. The van der Waals surface area contributed by atoms with E-state index in [1.165, 1.54) is 5.69 Å². The molecule has 6 nitrogen and oxygen atoms in total. The number of nitrogens with one attached hydrogen (secondary N) is 2. The molecule has 0 spiro atoms. The first-order valence-electron chi connectivity index (χ1n) is 9.66. The Balaban J connectivity index is 0.00000364. The lowest BCUT2D eigenvalue weighted by Gasteiger charge is -2.25. The fourth-order valence-electron chi connectivity index (χ4n) is 3.21. The van der Waals surface area contributed by atoms with Crippen LogP contribution in [0.15, 0.2) is 35.3 Å². The molecule has 1 aromatic rings. The molecule has 1 fully saturated rings. The van der Waals surface area contributed by atoms with Gasteiger partial charge in [0.05, 0.1) is 13.2 Å². The van der Waals surface area contributed by atoms with Crippen molar-refractivity contribution >= 4 is 35.6 Å². The molecule has 27 heavy (non-hydrogen) atoms. The number of anilines is 1. The number of benzene rings is 1. The fraction of sp³-hybridized carbons (Fsp3) is 0.650. The number of hydrogen-bond acceptors (Lipinski definition) is 4. The van der Waals surface area contributed by atoms with E-state index >= 15 is 0 Å². The maximum atomic E-state index is 9.34. The van der Waals surface area contributed by atoms with Crippen molar-refractivity contribution in [2.75, 3.05) is 57.9 Å². The molecule has 0 bridgehead atoms. The van der Waals surface area contributed by atoms with Crippen molar-refractivity contribution in [3.63, 3.8) is 0 Å². The zero-order valence-corrected chi connectivity index (χ0v) is 18.9. The highest BCUT2D eigenvalue weighted by Crippen LogP contribution is 2.32. The molecule has 0 radical (unpaired) electrons. The highest BCUT2D eigenvalue weighted by molar-refractivity contribution is 14.0. The summed E-state index contributed by atoms with van der Waals surface area (Å²) in [6.07, 6.45) is 2.75. The lowest BCUT2D eigenvalue weighted by Crippen LogP contribution is -2.40. The third-order valence-electron chi connectivity index (χ3n) is 4.90. The Kier molecular flexibility index (Phi) is 11.7. The van der Waals surface area contributed by atoms with Gasteiger partial charge in [-0.1, -0.05) is 18.2 Å². The molecule has 0 aromatic heterocycles. The van der Waals surface area contributed by atoms with Crippen molar-refractivity contribution in [2.45, 2.75) is 26.2 Å².